The van der Waals surface area contributed by atoms with Crippen molar-refractivity contribution >= 4 is 5.69 Å². The summed E-state index contributed by atoms with van der Waals surface area (Å²) in [6, 6.07) is 4.99. The number of nitrogens with zero attached hydrogens (tertiary/aromatic N) is 1. The maximum atomic E-state index is 10.9. The average Bonchev–Trinajstić information content (AvgIpc) is 2.39. The number of nitrogens with one attached hydrogen (secondary N) is 1. The minimum Gasteiger partial charge on any atom is -0.487 e. The fourth-order valence-corrected chi connectivity index (χ4v) is 1.65. The van der Waals surface area contributed by atoms with Gasteiger partial charge in [0, 0.05) is 19.2 Å². The van der Waals surface area contributed by atoms with Crippen LogP contribution in [0.1, 0.15) is 18.4 Å². The molecule has 0 fully saturated rings. The lowest BCUT2D eigenvalue weighted by Crippen LogP contribution is -2.23. The van der Waals surface area contributed by atoms with E-state index >= 15 is 0 Å². The summed E-state index contributed by atoms with van der Waals surface area (Å²) in [6.45, 7) is 4.63. The van der Waals surface area contributed by atoms with E-state index in [0.717, 1.165) is 31.5 Å². The summed E-state index contributed by atoms with van der Waals surface area (Å²) >= 11 is 0. The number of hydrogen-bond donors (Lipinski definition) is 2. The average molecular weight is 267 g/mol. The molecule has 1 aromatic carbocycles. The van der Waals surface area contributed by atoms with Gasteiger partial charge in [-0.25, -0.2) is 0 Å². The lowest BCUT2D eigenvalue weighted by molar-refractivity contribution is -0.385. The zero-order valence-corrected chi connectivity index (χ0v) is 11.2. The van der Waals surface area contributed by atoms with Crippen LogP contribution in [0.3, 0.4) is 0 Å². The van der Waals surface area contributed by atoms with Crippen molar-refractivity contribution in [1.82, 2.24) is 5.32 Å². The molecule has 0 aliphatic carbocycles. The van der Waals surface area contributed by atoms with Crippen molar-refractivity contribution in [1.29, 1.82) is 0 Å². The molecule has 0 saturated heterocycles. The number of ether oxygens (including phenoxy) is 1. The molecule has 0 amide bonds. The fourth-order valence-electron chi connectivity index (χ4n) is 1.65. The second-order valence-electron chi connectivity index (χ2n) is 4.32. The van der Waals surface area contributed by atoms with Crippen LogP contribution in [0.25, 0.3) is 0 Å². The molecule has 0 spiro atoms. The molecule has 19 heavy (non-hydrogen) atoms. The number of nitro benzene ring substituents is 1. The molecular weight excluding hydrogens is 246 g/mol. The molecule has 0 aliphatic rings. The van der Waals surface area contributed by atoms with Crippen LogP contribution < -0.4 is 15.8 Å². The Balaban J connectivity index is 2.35. The Morgan fingerprint density at radius 3 is 2.84 bits per heavy atom. The Bertz CT molecular complexity index is 410. The van der Waals surface area contributed by atoms with Crippen molar-refractivity contribution in [3.05, 3.63) is 33.9 Å². The van der Waals surface area contributed by atoms with Crippen LogP contribution in [0, 0.1) is 17.0 Å². The highest BCUT2D eigenvalue weighted by atomic mass is 16.6. The molecule has 0 unspecified atom stereocenters. The van der Waals surface area contributed by atoms with E-state index in [0.29, 0.717) is 18.9 Å². The van der Waals surface area contributed by atoms with Crippen molar-refractivity contribution < 1.29 is 9.66 Å². The third kappa shape index (κ3) is 5.67. The summed E-state index contributed by atoms with van der Waals surface area (Å²) in [5.74, 6) is 0.338. The summed E-state index contributed by atoms with van der Waals surface area (Å²) in [6.07, 6.45) is 1.81. The molecule has 0 aliphatic heterocycles. The van der Waals surface area contributed by atoms with Crippen LogP contribution in [-0.2, 0) is 0 Å². The first kappa shape index (κ1) is 15.4. The number of nitrogens with two attached hydrogens (primary N) is 1. The van der Waals surface area contributed by atoms with Gasteiger partial charge >= 0.3 is 5.69 Å². The van der Waals surface area contributed by atoms with Gasteiger partial charge in [-0.3, -0.25) is 10.1 Å². The SMILES string of the molecule is Cc1ccc(OCCCCNCCN)c([N+](=O)[O-])c1. The van der Waals surface area contributed by atoms with E-state index in [1.165, 1.54) is 6.07 Å². The highest BCUT2D eigenvalue weighted by Crippen LogP contribution is 2.27. The van der Waals surface area contributed by atoms with Gasteiger partial charge in [-0.2, -0.15) is 0 Å². The van der Waals surface area contributed by atoms with Gasteiger partial charge in [-0.15, -0.1) is 0 Å². The maximum Gasteiger partial charge on any atom is 0.311 e. The van der Waals surface area contributed by atoms with Crippen LogP contribution in [0.2, 0.25) is 0 Å². The molecule has 6 heteroatoms. The largest absolute Gasteiger partial charge is 0.487 e. The highest BCUT2D eigenvalue weighted by molar-refractivity contribution is 5.48. The summed E-state index contributed by atoms with van der Waals surface area (Å²) in [5.41, 5.74) is 6.23. The van der Waals surface area contributed by atoms with Crippen LogP contribution in [0.5, 0.6) is 5.75 Å². The molecule has 0 saturated carbocycles. The predicted molar refractivity (Wildman–Crippen MR) is 74.5 cm³/mol. The van der Waals surface area contributed by atoms with Gasteiger partial charge in [0.05, 0.1) is 11.5 Å². The number of hydrogen-bond acceptors (Lipinski definition) is 5. The van der Waals surface area contributed by atoms with Crippen LogP contribution in [0.4, 0.5) is 5.69 Å². The van der Waals surface area contributed by atoms with E-state index in [1.807, 2.05) is 13.0 Å². The summed E-state index contributed by atoms with van der Waals surface area (Å²) in [7, 11) is 0. The van der Waals surface area contributed by atoms with E-state index < -0.39 is 4.92 Å². The first-order valence-electron chi connectivity index (χ1n) is 6.43. The van der Waals surface area contributed by atoms with Gasteiger partial charge in [0.25, 0.3) is 0 Å². The van der Waals surface area contributed by atoms with Crippen LogP contribution in [-0.4, -0.2) is 31.2 Å². The number of unbranched alkanes of at least 4 members (excludes halogenated alkanes) is 1. The minimum absolute atomic E-state index is 0.0289. The van der Waals surface area contributed by atoms with E-state index in [-0.39, 0.29) is 5.69 Å². The van der Waals surface area contributed by atoms with Crippen molar-refractivity contribution in [2.45, 2.75) is 19.8 Å². The molecule has 0 atom stereocenters. The Hall–Kier alpha value is -1.66. The van der Waals surface area contributed by atoms with Crippen molar-refractivity contribution in [3.8, 4) is 5.75 Å². The van der Waals surface area contributed by atoms with Crippen molar-refractivity contribution in [2.24, 2.45) is 5.73 Å². The first-order chi connectivity index (χ1) is 9.15. The molecule has 1 rings (SSSR count). The van der Waals surface area contributed by atoms with Gasteiger partial charge in [0.15, 0.2) is 5.75 Å². The molecule has 0 radical (unpaired) electrons. The summed E-state index contributed by atoms with van der Waals surface area (Å²) in [5, 5.41) is 14.1. The number of benzene rings is 1. The number of rotatable bonds is 9. The lowest BCUT2D eigenvalue weighted by atomic mass is 10.2. The third-order valence-electron chi connectivity index (χ3n) is 2.64. The molecule has 106 valence electrons. The second-order valence-corrected chi connectivity index (χ2v) is 4.32. The fraction of sp³-hybridized carbons (Fsp3) is 0.538. The normalized spacial score (nSPS) is 10.4. The Kier molecular flexibility index (Phi) is 6.84. The van der Waals surface area contributed by atoms with Gasteiger partial charge < -0.3 is 15.8 Å². The first-order valence-corrected chi connectivity index (χ1v) is 6.43. The highest BCUT2D eigenvalue weighted by Gasteiger charge is 2.14. The van der Waals surface area contributed by atoms with Gasteiger partial charge in [-0.1, -0.05) is 6.07 Å². The van der Waals surface area contributed by atoms with E-state index in [9.17, 15) is 10.1 Å². The number of aryl methyl sites for hydroxylation is 1. The van der Waals surface area contributed by atoms with Crippen LogP contribution in [0.15, 0.2) is 18.2 Å². The molecule has 6 nitrogen and oxygen atoms in total. The zero-order chi connectivity index (χ0) is 14.1. The summed E-state index contributed by atoms with van der Waals surface area (Å²) in [4.78, 5) is 10.5. The van der Waals surface area contributed by atoms with E-state index in [1.54, 1.807) is 6.07 Å². The Morgan fingerprint density at radius 1 is 1.37 bits per heavy atom. The van der Waals surface area contributed by atoms with Crippen molar-refractivity contribution in [3.63, 3.8) is 0 Å². The third-order valence-corrected chi connectivity index (χ3v) is 2.64. The molecule has 1 aromatic rings. The molecular formula is C13H21N3O3. The quantitative estimate of drug-likeness (QED) is 0.403. The monoisotopic (exact) mass is 267 g/mol. The standard InChI is InChI=1S/C13H21N3O3/c1-11-4-5-13(12(10-11)16(17)18)19-9-3-2-7-15-8-6-14/h4-5,10,15H,2-3,6-9,14H2,1H3. The minimum atomic E-state index is -0.412. The zero-order valence-electron chi connectivity index (χ0n) is 11.2. The Morgan fingerprint density at radius 2 is 2.16 bits per heavy atom. The smallest absolute Gasteiger partial charge is 0.311 e. The number of nitro groups is 1. The van der Waals surface area contributed by atoms with Gasteiger partial charge in [-0.05, 0) is 37.9 Å². The molecule has 0 aromatic heterocycles. The van der Waals surface area contributed by atoms with E-state index in [4.69, 9.17) is 10.5 Å². The van der Waals surface area contributed by atoms with Crippen molar-refractivity contribution in [2.75, 3.05) is 26.2 Å². The molecule has 3 N–H and O–H groups in total. The Labute approximate surface area is 113 Å². The van der Waals surface area contributed by atoms with Gasteiger partial charge in [0.2, 0.25) is 0 Å². The summed E-state index contributed by atoms with van der Waals surface area (Å²) < 4.78 is 5.47. The van der Waals surface area contributed by atoms with Crippen LogP contribution >= 0.6 is 0 Å². The molecule has 0 bridgehead atoms. The van der Waals surface area contributed by atoms with Gasteiger partial charge in [0.1, 0.15) is 0 Å². The topological polar surface area (TPSA) is 90.4 Å². The van der Waals surface area contributed by atoms with E-state index in [2.05, 4.69) is 5.32 Å². The lowest BCUT2D eigenvalue weighted by Gasteiger charge is -2.07. The maximum absolute atomic E-state index is 10.9. The predicted octanol–water partition coefficient (Wildman–Crippen LogP) is 1.61. The second kappa shape index (κ2) is 8.44. The molecule has 0 heterocycles.